The van der Waals surface area contributed by atoms with Crippen LogP contribution in [0, 0.1) is 0 Å². The first-order valence-electron chi connectivity index (χ1n) is 7.81. The Bertz CT molecular complexity index is 448. The smallest absolute Gasteiger partial charge is 0.120 e. The van der Waals surface area contributed by atoms with E-state index in [-0.39, 0.29) is 5.60 Å². The second kappa shape index (κ2) is 7.14. The molecule has 1 aromatic rings. The Hall–Kier alpha value is -1.26. The summed E-state index contributed by atoms with van der Waals surface area (Å²) in [6.45, 7) is 6.91. The van der Waals surface area contributed by atoms with Crippen molar-refractivity contribution < 1.29 is 9.47 Å². The number of ether oxygens (including phenoxy) is 2. The predicted molar refractivity (Wildman–Crippen MR) is 87.1 cm³/mol. The highest BCUT2D eigenvalue weighted by atomic mass is 16.5. The maximum absolute atomic E-state index is 6.13. The maximum Gasteiger partial charge on any atom is 0.120 e. The minimum absolute atomic E-state index is 0.0125. The van der Waals surface area contributed by atoms with Crippen LogP contribution in [0.1, 0.15) is 33.1 Å². The third kappa shape index (κ3) is 4.61. The average molecular weight is 292 g/mol. The minimum Gasteiger partial charge on any atom is -0.497 e. The molecule has 2 N–H and O–H groups in total. The topological polar surface area (TPSA) is 47.7 Å². The Balaban J connectivity index is 2.06. The molecule has 1 aromatic carbocycles. The van der Waals surface area contributed by atoms with Crippen LogP contribution < -0.4 is 15.4 Å². The molecular formula is C17H28N2O2. The van der Waals surface area contributed by atoms with Crippen LogP contribution in [-0.2, 0) is 4.74 Å². The van der Waals surface area contributed by atoms with Crippen LogP contribution in [0.25, 0.3) is 0 Å². The van der Waals surface area contributed by atoms with E-state index in [1.165, 1.54) is 5.69 Å². The van der Waals surface area contributed by atoms with E-state index in [9.17, 15) is 0 Å². The zero-order chi connectivity index (χ0) is 15.3. The van der Waals surface area contributed by atoms with Crippen LogP contribution in [0.2, 0.25) is 0 Å². The monoisotopic (exact) mass is 292 g/mol. The van der Waals surface area contributed by atoms with E-state index in [0.29, 0.717) is 12.6 Å². The largest absolute Gasteiger partial charge is 0.497 e. The molecule has 1 heterocycles. The van der Waals surface area contributed by atoms with Crippen molar-refractivity contribution in [2.45, 2.75) is 44.8 Å². The molecule has 1 atom stereocenters. The molecule has 0 amide bonds. The van der Waals surface area contributed by atoms with Crippen molar-refractivity contribution in [2.24, 2.45) is 5.73 Å². The molecule has 0 bridgehead atoms. The number of hydrogen-bond donors (Lipinski definition) is 1. The molecule has 1 saturated heterocycles. The first-order valence-corrected chi connectivity index (χ1v) is 7.81. The summed E-state index contributed by atoms with van der Waals surface area (Å²) >= 11 is 0. The van der Waals surface area contributed by atoms with Gasteiger partial charge in [-0.15, -0.1) is 0 Å². The van der Waals surface area contributed by atoms with Crippen LogP contribution in [0.3, 0.4) is 0 Å². The summed E-state index contributed by atoms with van der Waals surface area (Å²) in [7, 11) is 1.70. The SMILES string of the molecule is COc1cccc(N(CCCN)CC2CCC(C)(C)O2)c1. The molecule has 1 aliphatic rings. The van der Waals surface area contributed by atoms with Crippen molar-refractivity contribution in [3.05, 3.63) is 24.3 Å². The standard InChI is InChI=1S/C17H28N2O2/c1-17(2)9-8-16(21-17)13-19(11-5-10-18)14-6-4-7-15(12-14)20-3/h4,6-7,12,16H,5,8-11,13,18H2,1-3H3. The lowest BCUT2D eigenvalue weighted by atomic mass is 10.1. The molecule has 4 heteroatoms. The molecule has 0 spiro atoms. The first kappa shape index (κ1) is 16.1. The van der Waals surface area contributed by atoms with Gasteiger partial charge < -0.3 is 20.1 Å². The van der Waals surface area contributed by atoms with Crippen LogP contribution >= 0.6 is 0 Å². The number of benzene rings is 1. The van der Waals surface area contributed by atoms with Gasteiger partial charge in [0.25, 0.3) is 0 Å². The molecule has 0 saturated carbocycles. The molecule has 4 nitrogen and oxygen atoms in total. The van der Waals surface area contributed by atoms with Gasteiger partial charge in [-0.2, -0.15) is 0 Å². The second-order valence-corrected chi connectivity index (χ2v) is 6.33. The van der Waals surface area contributed by atoms with E-state index in [1.54, 1.807) is 7.11 Å². The Labute approximate surface area is 128 Å². The number of rotatable bonds is 7. The highest BCUT2D eigenvalue weighted by Crippen LogP contribution is 2.31. The number of methoxy groups -OCH3 is 1. The Morgan fingerprint density at radius 2 is 2.24 bits per heavy atom. The van der Waals surface area contributed by atoms with Crippen LogP contribution in [0.4, 0.5) is 5.69 Å². The minimum atomic E-state index is 0.0125. The summed E-state index contributed by atoms with van der Waals surface area (Å²) in [6.07, 6.45) is 3.52. The number of hydrogen-bond acceptors (Lipinski definition) is 4. The number of nitrogens with two attached hydrogens (primary N) is 1. The van der Waals surface area contributed by atoms with Crippen molar-refractivity contribution in [1.82, 2.24) is 0 Å². The van der Waals surface area contributed by atoms with Crippen molar-refractivity contribution in [2.75, 3.05) is 31.6 Å². The average Bonchev–Trinajstić information content (AvgIpc) is 2.82. The van der Waals surface area contributed by atoms with E-state index in [2.05, 4.69) is 30.9 Å². The Morgan fingerprint density at radius 1 is 1.43 bits per heavy atom. The summed E-state index contributed by atoms with van der Waals surface area (Å²) < 4.78 is 11.5. The second-order valence-electron chi connectivity index (χ2n) is 6.33. The molecule has 0 aliphatic carbocycles. The third-order valence-electron chi connectivity index (χ3n) is 4.03. The zero-order valence-electron chi connectivity index (χ0n) is 13.5. The van der Waals surface area contributed by atoms with Gasteiger partial charge >= 0.3 is 0 Å². The summed E-state index contributed by atoms with van der Waals surface area (Å²) in [5.41, 5.74) is 6.87. The van der Waals surface area contributed by atoms with Crippen LogP contribution in [0.5, 0.6) is 5.75 Å². The van der Waals surface area contributed by atoms with Gasteiger partial charge in [0.1, 0.15) is 5.75 Å². The van der Waals surface area contributed by atoms with E-state index >= 15 is 0 Å². The Morgan fingerprint density at radius 3 is 2.86 bits per heavy atom. The lowest BCUT2D eigenvalue weighted by Gasteiger charge is -2.29. The van der Waals surface area contributed by atoms with E-state index in [4.69, 9.17) is 15.2 Å². The van der Waals surface area contributed by atoms with Crippen LogP contribution in [0.15, 0.2) is 24.3 Å². The van der Waals surface area contributed by atoms with Gasteiger partial charge in [-0.25, -0.2) is 0 Å². The molecule has 2 rings (SSSR count). The maximum atomic E-state index is 6.13. The van der Waals surface area contributed by atoms with Crippen molar-refractivity contribution in [3.8, 4) is 5.75 Å². The molecule has 1 unspecified atom stereocenters. The number of anilines is 1. The summed E-state index contributed by atoms with van der Waals surface area (Å²) in [6, 6.07) is 8.21. The lowest BCUT2D eigenvalue weighted by molar-refractivity contribution is -0.0115. The fraction of sp³-hybridized carbons (Fsp3) is 0.647. The van der Waals surface area contributed by atoms with Crippen molar-refractivity contribution in [1.29, 1.82) is 0 Å². The molecule has 0 aromatic heterocycles. The van der Waals surface area contributed by atoms with Gasteiger partial charge in [0.2, 0.25) is 0 Å². The van der Waals surface area contributed by atoms with E-state index < -0.39 is 0 Å². The summed E-state index contributed by atoms with van der Waals surface area (Å²) in [5, 5.41) is 0. The first-order chi connectivity index (χ1) is 10.0. The van der Waals surface area contributed by atoms with E-state index in [1.807, 2.05) is 12.1 Å². The zero-order valence-corrected chi connectivity index (χ0v) is 13.5. The highest BCUT2D eigenvalue weighted by Gasteiger charge is 2.32. The van der Waals surface area contributed by atoms with Crippen molar-refractivity contribution in [3.63, 3.8) is 0 Å². The van der Waals surface area contributed by atoms with Crippen molar-refractivity contribution >= 4 is 5.69 Å². The van der Waals surface area contributed by atoms with Gasteiger partial charge in [0, 0.05) is 24.8 Å². The molecule has 1 fully saturated rings. The predicted octanol–water partition coefficient (Wildman–Crippen LogP) is 2.81. The summed E-state index contributed by atoms with van der Waals surface area (Å²) in [4.78, 5) is 2.36. The van der Waals surface area contributed by atoms with Gasteiger partial charge in [-0.1, -0.05) is 6.07 Å². The van der Waals surface area contributed by atoms with Gasteiger partial charge in [0.05, 0.1) is 18.8 Å². The molecule has 118 valence electrons. The van der Waals surface area contributed by atoms with Gasteiger partial charge in [-0.05, 0) is 51.8 Å². The fourth-order valence-corrected chi connectivity index (χ4v) is 2.87. The molecule has 1 aliphatic heterocycles. The third-order valence-corrected chi connectivity index (χ3v) is 4.03. The molecular weight excluding hydrogens is 264 g/mol. The quantitative estimate of drug-likeness (QED) is 0.839. The normalized spacial score (nSPS) is 20.5. The van der Waals surface area contributed by atoms with Gasteiger partial charge in [-0.3, -0.25) is 0 Å². The summed E-state index contributed by atoms with van der Waals surface area (Å²) in [5.74, 6) is 0.887. The van der Waals surface area contributed by atoms with Gasteiger partial charge in [0.15, 0.2) is 0 Å². The fourth-order valence-electron chi connectivity index (χ4n) is 2.87. The van der Waals surface area contributed by atoms with Crippen LogP contribution in [-0.4, -0.2) is 38.4 Å². The number of nitrogens with zero attached hydrogens (tertiary/aromatic N) is 1. The lowest BCUT2D eigenvalue weighted by Crippen LogP contribution is -2.35. The highest BCUT2D eigenvalue weighted by molar-refractivity contribution is 5.50. The van der Waals surface area contributed by atoms with E-state index in [0.717, 1.165) is 38.1 Å². The molecule has 0 radical (unpaired) electrons. The Kier molecular flexibility index (Phi) is 5.48. The molecule has 21 heavy (non-hydrogen) atoms.